The first-order valence-electron chi connectivity index (χ1n) is 13.3. The number of hydrogen-bond donors (Lipinski definition) is 1. The third-order valence-electron chi connectivity index (χ3n) is 7.79. The van der Waals surface area contributed by atoms with E-state index in [4.69, 9.17) is 0 Å². The van der Waals surface area contributed by atoms with E-state index in [1.165, 1.54) is 5.69 Å². The van der Waals surface area contributed by atoms with Gasteiger partial charge in [-0.25, -0.2) is 4.98 Å². The average Bonchev–Trinajstić information content (AvgIpc) is 3.24. The molecule has 0 radical (unpaired) electrons. The molecule has 9 heteroatoms. The van der Waals surface area contributed by atoms with Gasteiger partial charge in [0.2, 0.25) is 0 Å². The zero-order chi connectivity index (χ0) is 27.8. The summed E-state index contributed by atoms with van der Waals surface area (Å²) in [5.41, 5.74) is 6.58. The normalized spacial score (nSPS) is 16.1. The maximum Gasteiger partial charge on any atom is 0.257 e. The summed E-state index contributed by atoms with van der Waals surface area (Å²) in [4.78, 5) is 36.3. The monoisotopic (exact) mass is 527 g/mol. The van der Waals surface area contributed by atoms with Crippen molar-refractivity contribution in [2.24, 2.45) is 7.05 Å². The SMILES string of the molecule is CNc1ccn(-c2ccnc3c2cc(CN2CCN(c4ccc(C(=O)N(C)C)cc4C)C[C@@H]2C)n3C)c(=O)c1. The van der Waals surface area contributed by atoms with E-state index >= 15 is 0 Å². The molecule has 1 saturated heterocycles. The van der Waals surface area contributed by atoms with Gasteiger partial charge in [-0.2, -0.15) is 0 Å². The van der Waals surface area contributed by atoms with Crippen molar-refractivity contribution in [2.45, 2.75) is 26.4 Å². The lowest BCUT2D eigenvalue weighted by molar-refractivity contribution is 0.0827. The maximum atomic E-state index is 12.8. The molecule has 204 valence electrons. The highest BCUT2D eigenvalue weighted by atomic mass is 16.2. The summed E-state index contributed by atoms with van der Waals surface area (Å²) in [6, 6.07) is 13.9. The number of aromatic nitrogens is 3. The Kier molecular flexibility index (Phi) is 7.18. The molecule has 0 aliphatic carbocycles. The number of nitrogens with zero attached hydrogens (tertiary/aromatic N) is 6. The van der Waals surface area contributed by atoms with Crippen molar-refractivity contribution < 1.29 is 4.79 Å². The van der Waals surface area contributed by atoms with Gasteiger partial charge in [-0.3, -0.25) is 19.1 Å². The topological polar surface area (TPSA) is 78.6 Å². The molecule has 0 unspecified atom stereocenters. The number of piperazine rings is 1. The number of anilines is 2. The molecule has 0 spiro atoms. The Hall–Kier alpha value is -4.11. The van der Waals surface area contributed by atoms with E-state index in [9.17, 15) is 9.59 Å². The van der Waals surface area contributed by atoms with Crippen LogP contribution in [-0.4, -0.2) is 76.6 Å². The highest BCUT2D eigenvalue weighted by molar-refractivity contribution is 5.94. The molecule has 1 fully saturated rings. The second-order valence-corrected chi connectivity index (χ2v) is 10.6. The largest absolute Gasteiger partial charge is 0.388 e. The van der Waals surface area contributed by atoms with Crippen LogP contribution in [0, 0.1) is 6.92 Å². The fraction of sp³-hybridized carbons (Fsp3) is 0.367. The van der Waals surface area contributed by atoms with E-state index in [1.54, 1.807) is 42.9 Å². The number of pyridine rings is 2. The van der Waals surface area contributed by atoms with Crippen molar-refractivity contribution in [2.75, 3.05) is 51.0 Å². The first-order chi connectivity index (χ1) is 18.7. The molecule has 1 aromatic carbocycles. The van der Waals surface area contributed by atoms with Gasteiger partial charge < -0.3 is 19.7 Å². The van der Waals surface area contributed by atoms with Gasteiger partial charge in [0.25, 0.3) is 11.5 Å². The molecule has 1 aliphatic rings. The van der Waals surface area contributed by atoms with Crippen LogP contribution in [0.4, 0.5) is 11.4 Å². The van der Waals surface area contributed by atoms with Gasteiger partial charge in [0.1, 0.15) is 5.65 Å². The van der Waals surface area contributed by atoms with Crippen molar-refractivity contribution in [3.05, 3.63) is 82.0 Å². The summed E-state index contributed by atoms with van der Waals surface area (Å²) in [5, 5.41) is 3.98. The molecular weight excluding hydrogens is 490 g/mol. The van der Waals surface area contributed by atoms with E-state index in [0.29, 0.717) is 6.04 Å². The lowest BCUT2D eigenvalue weighted by Crippen LogP contribution is -2.51. The molecule has 39 heavy (non-hydrogen) atoms. The summed E-state index contributed by atoms with van der Waals surface area (Å²) < 4.78 is 3.81. The van der Waals surface area contributed by atoms with Crippen LogP contribution in [0.15, 0.2) is 59.7 Å². The molecule has 1 aliphatic heterocycles. The van der Waals surface area contributed by atoms with Crippen molar-refractivity contribution >= 4 is 28.3 Å². The number of aryl methyl sites for hydroxylation is 2. The van der Waals surface area contributed by atoms with Crippen molar-refractivity contribution in [3.63, 3.8) is 0 Å². The molecule has 4 heterocycles. The molecule has 1 amide bonds. The average molecular weight is 528 g/mol. The van der Waals surface area contributed by atoms with Crippen LogP contribution in [0.3, 0.4) is 0 Å². The number of rotatable bonds is 6. The minimum Gasteiger partial charge on any atom is -0.388 e. The third-order valence-corrected chi connectivity index (χ3v) is 7.79. The second kappa shape index (κ2) is 10.6. The van der Waals surface area contributed by atoms with Crippen LogP contribution in [0.25, 0.3) is 16.7 Å². The predicted molar refractivity (Wildman–Crippen MR) is 157 cm³/mol. The van der Waals surface area contributed by atoms with Crippen LogP contribution < -0.4 is 15.8 Å². The molecule has 0 bridgehead atoms. The predicted octanol–water partition coefficient (Wildman–Crippen LogP) is 3.49. The quantitative estimate of drug-likeness (QED) is 0.414. The lowest BCUT2D eigenvalue weighted by atomic mass is 10.1. The summed E-state index contributed by atoms with van der Waals surface area (Å²) in [5.74, 6) is 0.0234. The molecule has 4 aromatic rings. The Bertz CT molecular complexity index is 1590. The third kappa shape index (κ3) is 5.02. The number of carbonyl (C=O) groups is 1. The van der Waals surface area contributed by atoms with Crippen LogP contribution in [0.1, 0.15) is 28.5 Å². The lowest BCUT2D eigenvalue weighted by Gasteiger charge is -2.41. The molecule has 0 saturated carbocycles. The van der Waals surface area contributed by atoms with Crippen molar-refractivity contribution in [3.8, 4) is 5.69 Å². The molecule has 9 nitrogen and oxygen atoms in total. The first kappa shape index (κ1) is 26.5. The van der Waals surface area contributed by atoms with Crippen molar-refractivity contribution in [1.29, 1.82) is 0 Å². The van der Waals surface area contributed by atoms with Gasteiger partial charge >= 0.3 is 0 Å². The summed E-state index contributed by atoms with van der Waals surface area (Å²) in [6.45, 7) is 7.88. The summed E-state index contributed by atoms with van der Waals surface area (Å²) >= 11 is 0. The van der Waals surface area contributed by atoms with Crippen LogP contribution >= 0.6 is 0 Å². The fourth-order valence-electron chi connectivity index (χ4n) is 5.51. The Morgan fingerprint density at radius 2 is 1.90 bits per heavy atom. The van der Waals surface area contributed by atoms with E-state index in [1.807, 2.05) is 37.5 Å². The highest BCUT2D eigenvalue weighted by Gasteiger charge is 2.26. The smallest absolute Gasteiger partial charge is 0.257 e. The van der Waals surface area contributed by atoms with Gasteiger partial charge in [0.15, 0.2) is 0 Å². The number of amides is 1. The maximum absolute atomic E-state index is 12.8. The molecule has 1 N–H and O–H groups in total. The Labute approximate surface area is 229 Å². The van der Waals surface area contributed by atoms with Crippen molar-refractivity contribution in [1.82, 2.24) is 23.9 Å². The van der Waals surface area contributed by atoms with E-state index in [0.717, 1.165) is 65.4 Å². The first-order valence-corrected chi connectivity index (χ1v) is 13.3. The van der Waals surface area contributed by atoms with Crippen LogP contribution in [0.2, 0.25) is 0 Å². The molecule has 5 rings (SSSR count). The van der Waals surface area contributed by atoms with Crippen LogP contribution in [-0.2, 0) is 13.6 Å². The van der Waals surface area contributed by atoms with E-state index in [-0.39, 0.29) is 11.5 Å². The standard InChI is InChI=1S/C30H37N7O2/c1-20-15-22(30(39)33(4)5)7-8-26(20)36-14-13-35(21(2)18-36)19-24-17-25-27(9-11-32-29(25)34(24)6)37-12-10-23(31-3)16-28(37)38/h7-12,15-17,21,31H,13-14,18-19H2,1-6H3/t21-/m0/s1. The number of benzene rings is 1. The van der Waals surface area contributed by atoms with Gasteiger partial charge in [-0.15, -0.1) is 0 Å². The zero-order valence-electron chi connectivity index (χ0n) is 23.6. The molecule has 1 atom stereocenters. The zero-order valence-corrected chi connectivity index (χ0v) is 23.6. The Balaban J connectivity index is 1.35. The number of nitrogens with one attached hydrogen (secondary N) is 1. The molecule has 3 aromatic heterocycles. The van der Waals surface area contributed by atoms with E-state index in [2.05, 4.69) is 50.6 Å². The molecular formula is C30H37N7O2. The van der Waals surface area contributed by atoms with Crippen LogP contribution in [0.5, 0.6) is 0 Å². The van der Waals surface area contributed by atoms with Gasteiger partial charge in [-0.05, 0) is 55.8 Å². The summed E-state index contributed by atoms with van der Waals surface area (Å²) in [6.07, 6.45) is 3.57. The second-order valence-electron chi connectivity index (χ2n) is 10.6. The Morgan fingerprint density at radius 1 is 1.10 bits per heavy atom. The number of fused-ring (bicyclic) bond motifs is 1. The fourth-order valence-corrected chi connectivity index (χ4v) is 5.51. The highest BCUT2D eigenvalue weighted by Crippen LogP contribution is 2.28. The summed E-state index contributed by atoms with van der Waals surface area (Å²) in [7, 11) is 7.41. The minimum absolute atomic E-state index is 0.0234. The van der Waals surface area contributed by atoms with Gasteiger partial charge in [0.05, 0.1) is 5.69 Å². The Morgan fingerprint density at radius 3 is 2.56 bits per heavy atom. The number of hydrogen-bond acceptors (Lipinski definition) is 6. The van der Waals surface area contributed by atoms with Gasteiger partial charge in [0, 0.05) is 107 Å². The minimum atomic E-state index is -0.0843. The van der Waals surface area contributed by atoms with E-state index < -0.39 is 0 Å². The number of carbonyl (C=O) groups excluding carboxylic acids is 1. The van der Waals surface area contributed by atoms with Gasteiger partial charge in [-0.1, -0.05) is 0 Å².